The van der Waals surface area contributed by atoms with Crippen LogP contribution in [0, 0.1) is 0 Å². The monoisotopic (exact) mass is 498 g/mol. The van der Waals surface area contributed by atoms with Gasteiger partial charge in [-0.05, 0) is 46.4 Å². The molecule has 0 spiro atoms. The first-order chi connectivity index (χ1) is 16.0. The van der Waals surface area contributed by atoms with Gasteiger partial charge >= 0.3 is 12.3 Å². The third-order valence-electron chi connectivity index (χ3n) is 4.99. The molecule has 0 fully saturated rings. The van der Waals surface area contributed by atoms with Crippen molar-refractivity contribution in [3.63, 3.8) is 0 Å². The minimum atomic E-state index is -5.77. The molecule has 3 aromatic rings. The Hall–Kier alpha value is -2.93. The predicted molar refractivity (Wildman–Crippen MR) is 123 cm³/mol. The van der Waals surface area contributed by atoms with Gasteiger partial charge in [-0.1, -0.05) is 91.7 Å². The maximum atomic E-state index is 13.5. The SMILES string of the molecule is CCCc1ccc(-c2ccc(/C=C/c3ccc(OC(F)(F)C(F)C(F)(F)F)c(Cl)c3)cc2)cc1. The lowest BCUT2D eigenvalue weighted by Crippen LogP contribution is -2.45. The number of alkyl halides is 6. The highest BCUT2D eigenvalue weighted by atomic mass is 35.5. The molecule has 0 aromatic heterocycles. The highest BCUT2D eigenvalue weighted by molar-refractivity contribution is 6.32. The number of hydrogen-bond donors (Lipinski definition) is 0. The van der Waals surface area contributed by atoms with E-state index in [9.17, 15) is 26.3 Å². The Morgan fingerprint density at radius 3 is 1.88 bits per heavy atom. The maximum absolute atomic E-state index is 13.5. The quantitative estimate of drug-likeness (QED) is 0.222. The van der Waals surface area contributed by atoms with E-state index in [0.717, 1.165) is 35.6 Å². The molecule has 3 rings (SSSR count). The van der Waals surface area contributed by atoms with E-state index in [-0.39, 0.29) is 5.02 Å². The average molecular weight is 499 g/mol. The van der Waals surface area contributed by atoms with Crippen LogP contribution in [0.1, 0.15) is 30.0 Å². The van der Waals surface area contributed by atoms with Gasteiger partial charge in [0, 0.05) is 0 Å². The second-order valence-electron chi connectivity index (χ2n) is 7.66. The predicted octanol–water partition coefficient (Wildman–Crippen LogP) is 9.00. The Kier molecular flexibility index (Phi) is 7.97. The van der Waals surface area contributed by atoms with Gasteiger partial charge in [0.25, 0.3) is 6.17 Å². The van der Waals surface area contributed by atoms with Gasteiger partial charge in [0.15, 0.2) is 0 Å². The molecule has 1 nitrogen and oxygen atoms in total. The molecular weight excluding hydrogens is 478 g/mol. The zero-order valence-corrected chi connectivity index (χ0v) is 18.8. The molecule has 0 bridgehead atoms. The average Bonchev–Trinajstić information content (AvgIpc) is 2.79. The van der Waals surface area contributed by atoms with Gasteiger partial charge in [0.1, 0.15) is 5.75 Å². The van der Waals surface area contributed by atoms with Crippen molar-refractivity contribution in [2.75, 3.05) is 0 Å². The van der Waals surface area contributed by atoms with Crippen LogP contribution in [0.2, 0.25) is 5.02 Å². The van der Waals surface area contributed by atoms with Crippen LogP contribution in [0.5, 0.6) is 5.75 Å². The van der Waals surface area contributed by atoms with Crippen LogP contribution >= 0.6 is 11.6 Å². The molecule has 1 unspecified atom stereocenters. The third-order valence-corrected chi connectivity index (χ3v) is 5.28. The van der Waals surface area contributed by atoms with Crippen molar-refractivity contribution in [2.45, 2.75) is 38.2 Å². The normalized spacial score (nSPS) is 13.3. The Bertz CT molecular complexity index is 1120. The second-order valence-corrected chi connectivity index (χ2v) is 8.07. The Balaban J connectivity index is 1.68. The van der Waals surface area contributed by atoms with Crippen molar-refractivity contribution < 1.29 is 31.1 Å². The second kappa shape index (κ2) is 10.6. The van der Waals surface area contributed by atoms with E-state index in [1.807, 2.05) is 24.3 Å². The number of rotatable bonds is 8. The number of halogens is 7. The van der Waals surface area contributed by atoms with Crippen LogP contribution < -0.4 is 4.74 Å². The highest BCUT2D eigenvalue weighted by Gasteiger charge is 2.59. The first-order valence-electron chi connectivity index (χ1n) is 10.4. The summed E-state index contributed by atoms with van der Waals surface area (Å²) in [7, 11) is 0. The van der Waals surface area contributed by atoms with Crippen molar-refractivity contribution in [1.82, 2.24) is 0 Å². The largest absolute Gasteiger partial charge is 0.439 e. The van der Waals surface area contributed by atoms with Gasteiger partial charge in [-0.15, -0.1) is 0 Å². The van der Waals surface area contributed by atoms with E-state index < -0.39 is 24.2 Å². The van der Waals surface area contributed by atoms with Gasteiger partial charge in [-0.3, -0.25) is 0 Å². The number of benzene rings is 3. The molecular formula is C26H21ClF6O. The number of ether oxygens (including phenoxy) is 1. The minimum Gasteiger partial charge on any atom is -0.429 e. The Morgan fingerprint density at radius 1 is 0.824 bits per heavy atom. The number of hydrogen-bond acceptors (Lipinski definition) is 1. The first-order valence-corrected chi connectivity index (χ1v) is 10.8. The third kappa shape index (κ3) is 6.56. The standard InChI is InChI=1S/C26H21ClF6O/c1-2-3-17-6-11-20(12-7-17)21-13-8-18(9-14-21)4-5-19-10-15-23(22(27)16-19)34-26(32,33)24(28)25(29,30)31/h4-16,24H,2-3H2,1H3/b5-4+. The van der Waals surface area contributed by atoms with Crippen molar-refractivity contribution in [2.24, 2.45) is 0 Å². The van der Waals surface area contributed by atoms with Crippen LogP contribution in [0.15, 0.2) is 66.7 Å². The molecule has 0 N–H and O–H groups in total. The van der Waals surface area contributed by atoms with Crippen LogP contribution in [0.3, 0.4) is 0 Å². The summed E-state index contributed by atoms with van der Waals surface area (Å²) in [5, 5.41) is -0.377. The minimum absolute atomic E-state index is 0.377. The van der Waals surface area contributed by atoms with E-state index >= 15 is 0 Å². The summed E-state index contributed by atoms with van der Waals surface area (Å²) < 4.78 is 80.7. The van der Waals surface area contributed by atoms with Crippen molar-refractivity contribution in [3.05, 3.63) is 88.4 Å². The molecule has 34 heavy (non-hydrogen) atoms. The lowest BCUT2D eigenvalue weighted by atomic mass is 10.0. The zero-order valence-electron chi connectivity index (χ0n) is 18.1. The molecule has 8 heteroatoms. The molecule has 0 heterocycles. The van der Waals surface area contributed by atoms with Crippen molar-refractivity contribution in [3.8, 4) is 16.9 Å². The van der Waals surface area contributed by atoms with Gasteiger partial charge in [-0.25, -0.2) is 4.39 Å². The van der Waals surface area contributed by atoms with E-state index in [2.05, 4.69) is 35.9 Å². The fourth-order valence-electron chi connectivity index (χ4n) is 3.22. The smallest absolute Gasteiger partial charge is 0.429 e. The molecule has 0 aliphatic rings. The van der Waals surface area contributed by atoms with Crippen LogP contribution in [0.25, 0.3) is 23.3 Å². The maximum Gasteiger partial charge on any atom is 0.439 e. The van der Waals surface area contributed by atoms with Crippen LogP contribution in [0.4, 0.5) is 26.3 Å². The van der Waals surface area contributed by atoms with Gasteiger partial charge in [0.2, 0.25) is 0 Å². The topological polar surface area (TPSA) is 9.23 Å². The lowest BCUT2D eigenvalue weighted by Gasteiger charge is -2.23. The molecule has 180 valence electrons. The molecule has 0 aliphatic carbocycles. The van der Waals surface area contributed by atoms with Crippen LogP contribution in [-0.2, 0) is 6.42 Å². The molecule has 0 saturated carbocycles. The van der Waals surface area contributed by atoms with Crippen molar-refractivity contribution in [1.29, 1.82) is 0 Å². The summed E-state index contributed by atoms with van der Waals surface area (Å²) >= 11 is 5.86. The molecule has 0 amide bonds. The van der Waals surface area contributed by atoms with Crippen molar-refractivity contribution >= 4 is 23.8 Å². The highest BCUT2D eigenvalue weighted by Crippen LogP contribution is 2.38. The summed E-state index contributed by atoms with van der Waals surface area (Å²) in [6, 6.07) is 19.6. The lowest BCUT2D eigenvalue weighted by molar-refractivity contribution is -0.304. The van der Waals surface area contributed by atoms with E-state index in [0.29, 0.717) is 5.56 Å². The fourth-order valence-corrected chi connectivity index (χ4v) is 3.45. The summed E-state index contributed by atoms with van der Waals surface area (Å²) in [5.41, 5.74) is 4.78. The Morgan fingerprint density at radius 2 is 1.35 bits per heavy atom. The van der Waals surface area contributed by atoms with E-state index in [1.165, 1.54) is 17.7 Å². The van der Waals surface area contributed by atoms with E-state index in [4.69, 9.17) is 11.6 Å². The van der Waals surface area contributed by atoms with Crippen LogP contribution in [-0.4, -0.2) is 18.5 Å². The summed E-state index contributed by atoms with van der Waals surface area (Å²) in [5.74, 6) is -0.759. The van der Waals surface area contributed by atoms with Gasteiger partial charge in [-0.2, -0.15) is 22.0 Å². The summed E-state index contributed by atoms with van der Waals surface area (Å²) in [6.07, 6.45) is -9.83. The molecule has 0 saturated heterocycles. The number of aryl methyl sites for hydroxylation is 1. The molecule has 0 radical (unpaired) electrons. The molecule has 1 atom stereocenters. The first kappa shape index (κ1) is 25.7. The Labute approximate surface area is 198 Å². The fraction of sp³-hybridized carbons (Fsp3) is 0.231. The molecule has 3 aromatic carbocycles. The van der Waals surface area contributed by atoms with Gasteiger partial charge in [0.05, 0.1) is 5.02 Å². The molecule has 0 aliphatic heterocycles. The zero-order chi connectivity index (χ0) is 24.9. The van der Waals surface area contributed by atoms with Gasteiger partial charge < -0.3 is 4.74 Å². The van der Waals surface area contributed by atoms with E-state index in [1.54, 1.807) is 12.2 Å². The summed E-state index contributed by atoms with van der Waals surface area (Å²) in [6.45, 7) is 2.13. The summed E-state index contributed by atoms with van der Waals surface area (Å²) in [4.78, 5) is 0.